The molecule has 90 valence electrons. The highest BCUT2D eigenvalue weighted by Crippen LogP contribution is 2.05. The molecule has 0 heterocycles. The Hall–Kier alpha value is -0.910. The first kappa shape index (κ1) is 13.2. The van der Waals surface area contributed by atoms with Crippen molar-refractivity contribution in [1.29, 1.82) is 0 Å². The Morgan fingerprint density at radius 2 is 1.94 bits per heavy atom. The molecule has 1 rings (SSSR count). The first-order valence-corrected chi connectivity index (χ1v) is 7.25. The number of aryl methyl sites for hydroxylation is 1. The van der Waals surface area contributed by atoms with E-state index in [1.54, 1.807) is 0 Å². The lowest BCUT2D eigenvalue weighted by atomic mass is 10.1. The zero-order chi connectivity index (χ0) is 12.0. The van der Waals surface area contributed by atoms with Crippen LogP contribution in [0, 0.1) is 0 Å². The van der Waals surface area contributed by atoms with Gasteiger partial charge in [-0.15, -0.1) is 0 Å². The summed E-state index contributed by atoms with van der Waals surface area (Å²) >= 11 is 0. The Morgan fingerprint density at radius 3 is 2.44 bits per heavy atom. The predicted octanol–water partition coefficient (Wildman–Crippen LogP) is 0.496. The molecule has 4 nitrogen and oxygen atoms in total. The van der Waals surface area contributed by atoms with Crippen molar-refractivity contribution < 1.29 is 8.42 Å². The fourth-order valence-electron chi connectivity index (χ4n) is 1.57. The monoisotopic (exact) mass is 242 g/mol. The molecule has 1 aromatic rings. The van der Waals surface area contributed by atoms with Crippen molar-refractivity contribution in [2.45, 2.75) is 18.9 Å². The number of benzene rings is 1. The number of sulfone groups is 1. The average Bonchev–Trinajstić information content (AvgIpc) is 2.24. The third-order valence-electron chi connectivity index (χ3n) is 2.36. The van der Waals surface area contributed by atoms with Gasteiger partial charge in [0.05, 0.1) is 5.75 Å². The van der Waals surface area contributed by atoms with E-state index in [9.17, 15) is 8.42 Å². The van der Waals surface area contributed by atoms with E-state index in [-0.39, 0.29) is 11.8 Å². The molecule has 0 fully saturated rings. The minimum Gasteiger partial charge on any atom is -0.271 e. The Bertz CT molecular complexity index is 403. The second kappa shape index (κ2) is 5.98. The van der Waals surface area contributed by atoms with E-state index in [1.807, 2.05) is 30.3 Å². The average molecular weight is 242 g/mol. The standard InChI is InChI=1S/C11H18N2O2S/c1-16(14,15)9-11(13-12)8-7-10-5-3-2-4-6-10/h2-6,11,13H,7-9,12H2,1H3. The van der Waals surface area contributed by atoms with Crippen molar-refractivity contribution in [2.24, 2.45) is 5.84 Å². The molecule has 3 N–H and O–H groups in total. The molecular formula is C11H18N2O2S. The van der Waals surface area contributed by atoms with Crippen LogP contribution in [0.3, 0.4) is 0 Å². The van der Waals surface area contributed by atoms with Gasteiger partial charge in [-0.1, -0.05) is 30.3 Å². The molecule has 0 radical (unpaired) electrons. The molecule has 0 aliphatic heterocycles. The lowest BCUT2D eigenvalue weighted by Crippen LogP contribution is -2.40. The lowest BCUT2D eigenvalue weighted by molar-refractivity contribution is 0.520. The van der Waals surface area contributed by atoms with Crippen molar-refractivity contribution in [3.8, 4) is 0 Å². The van der Waals surface area contributed by atoms with Crippen LogP contribution >= 0.6 is 0 Å². The van der Waals surface area contributed by atoms with Gasteiger partial charge >= 0.3 is 0 Å². The van der Waals surface area contributed by atoms with Gasteiger partial charge in [0.1, 0.15) is 9.84 Å². The van der Waals surface area contributed by atoms with E-state index >= 15 is 0 Å². The zero-order valence-corrected chi connectivity index (χ0v) is 10.2. The van der Waals surface area contributed by atoms with Crippen LogP contribution in [-0.4, -0.2) is 26.5 Å². The molecule has 1 unspecified atom stereocenters. The third-order valence-corrected chi connectivity index (χ3v) is 3.37. The fourth-order valence-corrected chi connectivity index (χ4v) is 2.56. The number of nitrogens with one attached hydrogen (secondary N) is 1. The van der Waals surface area contributed by atoms with Crippen LogP contribution in [0.5, 0.6) is 0 Å². The molecule has 0 saturated heterocycles. The molecule has 0 saturated carbocycles. The first-order chi connectivity index (χ1) is 7.51. The van der Waals surface area contributed by atoms with Crippen LogP contribution in [0.25, 0.3) is 0 Å². The van der Waals surface area contributed by atoms with Gasteiger partial charge in [0, 0.05) is 12.3 Å². The topological polar surface area (TPSA) is 72.2 Å². The maximum absolute atomic E-state index is 11.1. The second-order valence-corrected chi connectivity index (χ2v) is 6.17. The van der Waals surface area contributed by atoms with Gasteiger partial charge in [-0.2, -0.15) is 0 Å². The SMILES string of the molecule is CS(=O)(=O)CC(CCc1ccccc1)NN. The number of nitrogens with two attached hydrogens (primary N) is 1. The summed E-state index contributed by atoms with van der Waals surface area (Å²) in [6.07, 6.45) is 2.76. The van der Waals surface area contributed by atoms with Crippen LogP contribution in [-0.2, 0) is 16.3 Å². The summed E-state index contributed by atoms with van der Waals surface area (Å²) in [5, 5.41) is 0. The number of hydrogen-bond acceptors (Lipinski definition) is 4. The second-order valence-electron chi connectivity index (χ2n) is 3.98. The van der Waals surface area contributed by atoms with E-state index in [2.05, 4.69) is 5.43 Å². The molecule has 16 heavy (non-hydrogen) atoms. The molecule has 1 aromatic carbocycles. The molecule has 0 aliphatic rings. The largest absolute Gasteiger partial charge is 0.271 e. The first-order valence-electron chi connectivity index (χ1n) is 5.19. The molecule has 1 atom stereocenters. The van der Waals surface area contributed by atoms with Crippen molar-refractivity contribution in [3.63, 3.8) is 0 Å². The summed E-state index contributed by atoms with van der Waals surface area (Å²) < 4.78 is 22.2. The van der Waals surface area contributed by atoms with Gasteiger partial charge in [0.15, 0.2) is 0 Å². The highest BCUT2D eigenvalue weighted by atomic mass is 32.2. The fraction of sp³-hybridized carbons (Fsp3) is 0.455. The van der Waals surface area contributed by atoms with Crippen molar-refractivity contribution in [2.75, 3.05) is 12.0 Å². The van der Waals surface area contributed by atoms with E-state index in [0.29, 0.717) is 6.42 Å². The molecule has 5 heteroatoms. The van der Waals surface area contributed by atoms with Crippen LogP contribution in [0.2, 0.25) is 0 Å². The number of hydrazine groups is 1. The molecule has 0 amide bonds. The Kier molecular flexibility index (Phi) is 4.92. The quantitative estimate of drug-likeness (QED) is 0.563. The van der Waals surface area contributed by atoms with Crippen molar-refractivity contribution >= 4 is 9.84 Å². The predicted molar refractivity (Wildman–Crippen MR) is 65.6 cm³/mol. The van der Waals surface area contributed by atoms with E-state index in [4.69, 9.17) is 5.84 Å². The minimum absolute atomic E-state index is 0.0797. The van der Waals surface area contributed by atoms with Crippen molar-refractivity contribution in [1.82, 2.24) is 5.43 Å². The van der Waals surface area contributed by atoms with Gasteiger partial charge in [-0.3, -0.25) is 11.3 Å². The van der Waals surface area contributed by atoms with Crippen LogP contribution in [0.4, 0.5) is 0 Å². The van der Waals surface area contributed by atoms with Crippen LogP contribution in [0.1, 0.15) is 12.0 Å². The van der Waals surface area contributed by atoms with E-state index in [1.165, 1.54) is 11.8 Å². The highest BCUT2D eigenvalue weighted by molar-refractivity contribution is 7.90. The van der Waals surface area contributed by atoms with Crippen LogP contribution in [0.15, 0.2) is 30.3 Å². The smallest absolute Gasteiger partial charge is 0.149 e. The maximum Gasteiger partial charge on any atom is 0.149 e. The molecule has 0 bridgehead atoms. The minimum atomic E-state index is -2.98. The molecule has 0 aromatic heterocycles. The summed E-state index contributed by atoms with van der Waals surface area (Å²) in [6.45, 7) is 0. The van der Waals surface area contributed by atoms with Gasteiger partial charge in [0.2, 0.25) is 0 Å². The molecular weight excluding hydrogens is 224 g/mol. The van der Waals surface area contributed by atoms with E-state index < -0.39 is 9.84 Å². The Labute approximate surface area is 96.7 Å². The van der Waals surface area contributed by atoms with Gasteiger partial charge in [-0.05, 0) is 18.4 Å². The number of hydrogen-bond donors (Lipinski definition) is 2. The van der Waals surface area contributed by atoms with Gasteiger partial charge in [-0.25, -0.2) is 8.42 Å². The van der Waals surface area contributed by atoms with Gasteiger partial charge < -0.3 is 0 Å². The summed E-state index contributed by atoms with van der Waals surface area (Å²) in [7, 11) is -2.98. The van der Waals surface area contributed by atoms with Crippen molar-refractivity contribution in [3.05, 3.63) is 35.9 Å². The maximum atomic E-state index is 11.1. The Morgan fingerprint density at radius 1 is 1.31 bits per heavy atom. The summed E-state index contributed by atoms with van der Waals surface area (Å²) in [5.74, 6) is 5.41. The third kappa shape index (κ3) is 5.25. The highest BCUT2D eigenvalue weighted by Gasteiger charge is 2.13. The Balaban J connectivity index is 2.46. The lowest BCUT2D eigenvalue weighted by Gasteiger charge is -2.14. The summed E-state index contributed by atoms with van der Waals surface area (Å²) in [5.41, 5.74) is 3.74. The normalized spacial score (nSPS) is 13.6. The van der Waals surface area contributed by atoms with Crippen LogP contribution < -0.4 is 11.3 Å². The molecule has 0 spiro atoms. The zero-order valence-electron chi connectivity index (χ0n) is 9.39. The summed E-state index contributed by atoms with van der Waals surface area (Å²) in [4.78, 5) is 0. The summed E-state index contributed by atoms with van der Waals surface area (Å²) in [6, 6.07) is 9.75. The van der Waals surface area contributed by atoms with E-state index in [0.717, 1.165) is 6.42 Å². The number of rotatable bonds is 6. The molecule has 0 aliphatic carbocycles. The van der Waals surface area contributed by atoms with Gasteiger partial charge in [0.25, 0.3) is 0 Å².